The van der Waals surface area contributed by atoms with E-state index < -0.39 is 0 Å². The molecular formula is C14H14ClN3O. The van der Waals surface area contributed by atoms with E-state index in [2.05, 4.69) is 28.3 Å². The summed E-state index contributed by atoms with van der Waals surface area (Å²) in [6.45, 7) is 3.49. The fourth-order valence-corrected chi connectivity index (χ4v) is 2.30. The number of hydrogen-bond donors (Lipinski definition) is 0. The normalized spacial score (nSPS) is 16.4. The van der Waals surface area contributed by atoms with Crippen molar-refractivity contribution in [2.75, 3.05) is 13.1 Å². The molecule has 2 aromatic rings. The SMILES string of the molecule is Cc1noc(-c2ccc(C3=CCN(Cl)CC3)cc2)n1. The molecule has 5 heteroatoms. The molecule has 1 aromatic heterocycles. The van der Waals surface area contributed by atoms with E-state index in [1.54, 1.807) is 4.42 Å². The molecule has 0 unspecified atom stereocenters. The molecule has 2 heterocycles. The maximum absolute atomic E-state index is 5.94. The Morgan fingerprint density at radius 3 is 2.53 bits per heavy atom. The number of halogens is 1. The first-order valence-corrected chi connectivity index (χ1v) is 6.57. The van der Waals surface area contributed by atoms with Gasteiger partial charge in [-0.1, -0.05) is 23.4 Å². The highest BCUT2D eigenvalue weighted by atomic mass is 35.5. The van der Waals surface area contributed by atoms with Gasteiger partial charge in [0.1, 0.15) is 0 Å². The first kappa shape index (κ1) is 12.4. The molecule has 19 heavy (non-hydrogen) atoms. The van der Waals surface area contributed by atoms with Crippen LogP contribution in [0.15, 0.2) is 34.9 Å². The highest BCUT2D eigenvalue weighted by molar-refractivity contribution is 6.13. The highest BCUT2D eigenvalue weighted by Crippen LogP contribution is 2.25. The van der Waals surface area contributed by atoms with E-state index in [1.165, 1.54) is 11.1 Å². The van der Waals surface area contributed by atoms with Gasteiger partial charge in [-0.25, -0.2) is 4.42 Å². The molecule has 1 aliphatic heterocycles. The van der Waals surface area contributed by atoms with Gasteiger partial charge in [0.25, 0.3) is 5.89 Å². The monoisotopic (exact) mass is 275 g/mol. The van der Waals surface area contributed by atoms with Gasteiger partial charge in [-0.05, 0) is 48.4 Å². The van der Waals surface area contributed by atoms with Crippen LogP contribution < -0.4 is 0 Å². The van der Waals surface area contributed by atoms with Gasteiger partial charge in [-0.2, -0.15) is 4.98 Å². The Balaban J connectivity index is 1.83. The van der Waals surface area contributed by atoms with Gasteiger partial charge < -0.3 is 4.52 Å². The van der Waals surface area contributed by atoms with Gasteiger partial charge in [0.2, 0.25) is 0 Å². The number of aryl methyl sites for hydroxylation is 1. The molecule has 0 N–H and O–H groups in total. The van der Waals surface area contributed by atoms with Crippen molar-refractivity contribution in [1.29, 1.82) is 0 Å². The van der Waals surface area contributed by atoms with E-state index in [0.29, 0.717) is 11.7 Å². The van der Waals surface area contributed by atoms with Crippen LogP contribution in [0.2, 0.25) is 0 Å². The second-order valence-corrected chi connectivity index (χ2v) is 5.05. The number of benzene rings is 1. The van der Waals surface area contributed by atoms with Crippen molar-refractivity contribution in [3.05, 3.63) is 41.7 Å². The number of nitrogens with zero attached hydrogens (tertiary/aromatic N) is 3. The number of aromatic nitrogens is 2. The Hall–Kier alpha value is -1.65. The maximum Gasteiger partial charge on any atom is 0.257 e. The molecule has 4 nitrogen and oxygen atoms in total. The summed E-state index contributed by atoms with van der Waals surface area (Å²) in [6, 6.07) is 8.20. The lowest BCUT2D eigenvalue weighted by Gasteiger charge is -2.19. The first-order chi connectivity index (χ1) is 9.22. The summed E-state index contributed by atoms with van der Waals surface area (Å²) in [6.07, 6.45) is 3.14. The van der Waals surface area contributed by atoms with Crippen molar-refractivity contribution in [2.45, 2.75) is 13.3 Å². The molecule has 1 aromatic carbocycles. The van der Waals surface area contributed by atoms with Gasteiger partial charge in [-0.15, -0.1) is 0 Å². The lowest BCUT2D eigenvalue weighted by molar-refractivity contribution is 0.425. The molecule has 0 radical (unpaired) electrons. The van der Waals surface area contributed by atoms with Crippen molar-refractivity contribution in [3.63, 3.8) is 0 Å². The third-order valence-electron chi connectivity index (χ3n) is 3.19. The summed E-state index contributed by atoms with van der Waals surface area (Å²) < 4.78 is 6.94. The van der Waals surface area contributed by atoms with Crippen molar-refractivity contribution in [2.24, 2.45) is 0 Å². The fraction of sp³-hybridized carbons (Fsp3) is 0.286. The van der Waals surface area contributed by atoms with Gasteiger partial charge in [-0.3, -0.25) is 0 Å². The van der Waals surface area contributed by atoms with Crippen LogP contribution in [0.1, 0.15) is 17.8 Å². The Morgan fingerprint density at radius 1 is 1.21 bits per heavy atom. The minimum Gasteiger partial charge on any atom is -0.334 e. The predicted octanol–water partition coefficient (Wildman–Crippen LogP) is 3.29. The zero-order chi connectivity index (χ0) is 13.2. The highest BCUT2D eigenvalue weighted by Gasteiger charge is 2.12. The average Bonchev–Trinajstić information content (AvgIpc) is 2.87. The second-order valence-electron chi connectivity index (χ2n) is 4.57. The average molecular weight is 276 g/mol. The fourth-order valence-electron chi connectivity index (χ4n) is 2.15. The van der Waals surface area contributed by atoms with E-state index in [1.807, 2.05) is 19.1 Å². The van der Waals surface area contributed by atoms with Gasteiger partial charge in [0.15, 0.2) is 5.82 Å². The quantitative estimate of drug-likeness (QED) is 0.789. The van der Waals surface area contributed by atoms with Crippen LogP contribution in [0.25, 0.3) is 17.0 Å². The minimum atomic E-state index is 0.564. The molecule has 0 saturated carbocycles. The molecule has 0 atom stereocenters. The van der Waals surface area contributed by atoms with Gasteiger partial charge in [0, 0.05) is 18.7 Å². The molecule has 0 saturated heterocycles. The van der Waals surface area contributed by atoms with Crippen LogP contribution in [0.5, 0.6) is 0 Å². The Morgan fingerprint density at radius 2 is 1.95 bits per heavy atom. The van der Waals surface area contributed by atoms with E-state index in [0.717, 1.165) is 25.1 Å². The van der Waals surface area contributed by atoms with E-state index >= 15 is 0 Å². The summed E-state index contributed by atoms with van der Waals surface area (Å²) >= 11 is 5.94. The lowest BCUT2D eigenvalue weighted by Crippen LogP contribution is -2.18. The lowest BCUT2D eigenvalue weighted by atomic mass is 9.99. The number of rotatable bonds is 2. The maximum atomic E-state index is 5.94. The smallest absolute Gasteiger partial charge is 0.257 e. The molecule has 3 rings (SSSR count). The molecule has 0 amide bonds. The van der Waals surface area contributed by atoms with E-state index in [4.69, 9.17) is 16.3 Å². The second kappa shape index (κ2) is 5.15. The summed E-state index contributed by atoms with van der Waals surface area (Å²) in [5.74, 6) is 1.21. The first-order valence-electron chi connectivity index (χ1n) is 6.23. The predicted molar refractivity (Wildman–Crippen MR) is 74.5 cm³/mol. The van der Waals surface area contributed by atoms with Crippen LogP contribution >= 0.6 is 11.8 Å². The summed E-state index contributed by atoms with van der Waals surface area (Å²) in [4.78, 5) is 4.22. The Kier molecular flexibility index (Phi) is 3.36. The van der Waals surface area contributed by atoms with Crippen LogP contribution in [0.3, 0.4) is 0 Å². The minimum absolute atomic E-state index is 0.564. The molecule has 0 bridgehead atoms. The summed E-state index contributed by atoms with van der Waals surface area (Å²) in [5.41, 5.74) is 3.51. The van der Waals surface area contributed by atoms with Crippen LogP contribution in [0, 0.1) is 6.92 Å². The van der Waals surface area contributed by atoms with Crippen molar-refractivity contribution < 1.29 is 4.52 Å². The Bertz CT molecular complexity index is 603. The van der Waals surface area contributed by atoms with E-state index in [9.17, 15) is 0 Å². The zero-order valence-corrected chi connectivity index (χ0v) is 11.4. The van der Waals surface area contributed by atoms with Gasteiger partial charge >= 0.3 is 0 Å². The molecule has 0 fully saturated rings. The largest absolute Gasteiger partial charge is 0.334 e. The molecule has 1 aliphatic rings. The van der Waals surface area contributed by atoms with Crippen LogP contribution in [0.4, 0.5) is 0 Å². The standard InChI is InChI=1S/C14H14ClN3O/c1-10-16-14(19-17-10)13-4-2-11(3-5-13)12-6-8-18(15)9-7-12/h2-6H,7-9H2,1H3. The van der Waals surface area contributed by atoms with Crippen molar-refractivity contribution in [1.82, 2.24) is 14.6 Å². The zero-order valence-electron chi connectivity index (χ0n) is 10.6. The van der Waals surface area contributed by atoms with Gasteiger partial charge in [0.05, 0.1) is 0 Å². The number of hydrogen-bond acceptors (Lipinski definition) is 4. The molecule has 98 valence electrons. The van der Waals surface area contributed by atoms with E-state index in [-0.39, 0.29) is 0 Å². The summed E-state index contributed by atoms with van der Waals surface area (Å²) in [5, 5.41) is 3.80. The van der Waals surface area contributed by atoms with Crippen LogP contribution in [-0.2, 0) is 0 Å². The molecule has 0 aliphatic carbocycles. The topological polar surface area (TPSA) is 42.2 Å². The van der Waals surface area contributed by atoms with Crippen molar-refractivity contribution in [3.8, 4) is 11.5 Å². The summed E-state index contributed by atoms with van der Waals surface area (Å²) in [7, 11) is 0. The van der Waals surface area contributed by atoms with Crippen LogP contribution in [-0.4, -0.2) is 27.6 Å². The van der Waals surface area contributed by atoms with Crippen molar-refractivity contribution >= 4 is 17.3 Å². The third kappa shape index (κ3) is 2.69. The Labute approximate surface area is 116 Å². The third-order valence-corrected chi connectivity index (χ3v) is 3.50. The molecule has 0 spiro atoms. The molecular weight excluding hydrogens is 262 g/mol.